The smallest absolute Gasteiger partial charge is 0.240 e. The summed E-state index contributed by atoms with van der Waals surface area (Å²) in [5.41, 5.74) is 2.12. The number of aliphatic hydroxyl groups excluding tert-OH is 2. The first-order valence-electron chi connectivity index (χ1n) is 23.2. The van der Waals surface area contributed by atoms with E-state index in [4.69, 9.17) is 21.2 Å². The molecule has 4 fully saturated rings. The molecule has 60 heavy (non-hydrogen) atoms. The quantitative estimate of drug-likeness (QED) is 0.0493. The van der Waals surface area contributed by atoms with Gasteiger partial charge in [0.25, 0.3) is 0 Å². The molecule has 4 aliphatic rings. The van der Waals surface area contributed by atoms with Crippen LogP contribution in [0.4, 0.5) is 0 Å². The topological polar surface area (TPSA) is 148 Å². The van der Waals surface area contributed by atoms with Crippen LogP contribution >= 0.6 is 11.6 Å². The summed E-state index contributed by atoms with van der Waals surface area (Å²) < 4.78 is 6.23. The van der Waals surface area contributed by atoms with Crippen molar-refractivity contribution in [1.82, 2.24) is 31.2 Å². The molecule has 2 bridgehead atoms. The fourth-order valence-electron chi connectivity index (χ4n) is 10.9. The number of carbonyl (C=O) groups excluding carboxylic acids is 2. The highest BCUT2D eigenvalue weighted by atomic mass is 35.5. The van der Waals surface area contributed by atoms with Crippen molar-refractivity contribution < 1.29 is 29.4 Å². The average Bonchev–Trinajstić information content (AvgIpc) is 3.58. The first-order valence-corrected chi connectivity index (χ1v) is 23.8. The lowest BCUT2D eigenvalue weighted by atomic mass is 9.45. The number of methoxy groups -OCH3 is 1. The van der Waals surface area contributed by atoms with Gasteiger partial charge in [0.15, 0.2) is 0 Å². The van der Waals surface area contributed by atoms with Crippen LogP contribution in [0.3, 0.4) is 0 Å². The summed E-state index contributed by atoms with van der Waals surface area (Å²) in [6, 6.07) is 5.39. The summed E-state index contributed by atoms with van der Waals surface area (Å²) in [5.74, 6) is 2.30. The normalized spacial score (nSPS) is 27.5. The third-order valence-corrected chi connectivity index (χ3v) is 14.7. The van der Waals surface area contributed by atoms with Crippen LogP contribution < -0.4 is 26.0 Å². The molecule has 0 aromatic heterocycles. The standard InChI is InChI=1S/C47H83ClN6O6/c1-11-14-33(12-2)24-37(28-53(8)9)51-45(57)30(3)23-34(17-19-49-21-22-50-20-18-48)38-16-13-15-35(44(38)59-10)27-54-43(42(32(5)56)41(29-55)60-54)46(58)52-40-26-36-25-39(31(40)4)47(36,6)7/h13,15-16,30-34,36-37,39-43,49-50,55-56H,11-12,14,17-29H2,1-10H3,(H,51,57)(H,52,58)/t30?,31-,32-,33?,34?,36-,37-,39+,40-,41-,42-,43-/m0/s1. The number of ether oxygens (including phenoxy) is 1. The molecule has 1 aromatic carbocycles. The molecule has 12 atom stereocenters. The van der Waals surface area contributed by atoms with E-state index in [9.17, 15) is 19.8 Å². The fraction of sp³-hybridized carbons (Fsp3) is 0.830. The predicted molar refractivity (Wildman–Crippen MR) is 242 cm³/mol. The van der Waals surface area contributed by atoms with Gasteiger partial charge in [-0.1, -0.05) is 79.0 Å². The summed E-state index contributed by atoms with van der Waals surface area (Å²) >= 11 is 5.86. The number of nitrogens with one attached hydrogen (secondary N) is 4. The Balaban J connectivity index is 1.58. The van der Waals surface area contributed by atoms with Gasteiger partial charge in [-0.15, -0.1) is 11.6 Å². The molecule has 1 aromatic rings. The number of nitrogens with zero attached hydrogens (tertiary/aromatic N) is 2. The summed E-state index contributed by atoms with van der Waals surface area (Å²) in [6.45, 7) is 18.9. The summed E-state index contributed by atoms with van der Waals surface area (Å²) in [7, 11) is 5.80. The van der Waals surface area contributed by atoms with Crippen molar-refractivity contribution in [1.29, 1.82) is 0 Å². The monoisotopic (exact) mass is 863 g/mol. The highest BCUT2D eigenvalue weighted by molar-refractivity contribution is 6.18. The Hall–Kier alpha value is -2.03. The molecule has 1 aliphatic heterocycles. The molecule has 6 N–H and O–H groups in total. The Labute approximate surface area is 367 Å². The van der Waals surface area contributed by atoms with Gasteiger partial charge in [0.05, 0.1) is 26.4 Å². The molecule has 1 heterocycles. The van der Waals surface area contributed by atoms with Gasteiger partial charge >= 0.3 is 0 Å². The average molecular weight is 864 g/mol. The van der Waals surface area contributed by atoms with Crippen LogP contribution in [0.5, 0.6) is 5.75 Å². The Morgan fingerprint density at radius 1 is 1.07 bits per heavy atom. The van der Waals surface area contributed by atoms with E-state index in [1.807, 2.05) is 19.1 Å². The van der Waals surface area contributed by atoms with Crippen molar-refractivity contribution in [3.63, 3.8) is 0 Å². The van der Waals surface area contributed by atoms with E-state index in [0.29, 0.717) is 41.7 Å². The minimum atomic E-state index is -0.890. The second-order valence-electron chi connectivity index (χ2n) is 19.4. The molecule has 3 saturated carbocycles. The Bertz CT molecular complexity index is 1470. The van der Waals surface area contributed by atoms with Crippen LogP contribution in [0.25, 0.3) is 0 Å². The van der Waals surface area contributed by atoms with Crippen molar-refractivity contribution in [2.75, 3.05) is 66.4 Å². The largest absolute Gasteiger partial charge is 0.496 e. The van der Waals surface area contributed by atoms with E-state index in [0.717, 1.165) is 82.4 Å². The molecule has 0 spiro atoms. The lowest BCUT2D eigenvalue weighted by Gasteiger charge is -2.62. The van der Waals surface area contributed by atoms with Crippen molar-refractivity contribution in [2.24, 2.45) is 40.9 Å². The molecule has 3 aliphatic carbocycles. The predicted octanol–water partition coefficient (Wildman–Crippen LogP) is 5.54. The highest BCUT2D eigenvalue weighted by Gasteiger charge is 2.57. The number of carbonyl (C=O) groups is 2. The maximum Gasteiger partial charge on any atom is 0.240 e. The second-order valence-corrected chi connectivity index (χ2v) is 19.7. The lowest BCUT2D eigenvalue weighted by molar-refractivity contribution is -0.183. The van der Waals surface area contributed by atoms with Crippen LogP contribution in [0, 0.1) is 40.9 Å². The van der Waals surface area contributed by atoms with Gasteiger partial charge < -0.3 is 41.1 Å². The zero-order valence-corrected chi connectivity index (χ0v) is 39.5. The number of hydroxylamine groups is 2. The van der Waals surface area contributed by atoms with E-state index in [-0.39, 0.29) is 54.3 Å². The number of benzene rings is 1. The minimum absolute atomic E-state index is 0.0165. The lowest BCUT2D eigenvalue weighted by Crippen LogP contribution is -2.62. The number of hydrogen-bond donors (Lipinski definition) is 6. The molecule has 13 heteroatoms. The van der Waals surface area contributed by atoms with Gasteiger partial charge in [-0.3, -0.25) is 14.4 Å². The van der Waals surface area contributed by atoms with E-state index in [1.54, 1.807) is 19.1 Å². The number of rotatable bonds is 27. The van der Waals surface area contributed by atoms with Crippen molar-refractivity contribution in [3.05, 3.63) is 29.3 Å². The molecule has 2 amide bonds. The van der Waals surface area contributed by atoms with E-state index >= 15 is 0 Å². The van der Waals surface area contributed by atoms with E-state index in [1.165, 1.54) is 6.42 Å². The van der Waals surface area contributed by atoms with Gasteiger partial charge in [-0.05, 0) is 100 Å². The maximum atomic E-state index is 14.4. The van der Waals surface area contributed by atoms with Crippen LogP contribution in [-0.2, 0) is 21.0 Å². The minimum Gasteiger partial charge on any atom is -0.496 e. The third kappa shape index (κ3) is 13.0. The number of para-hydroxylation sites is 1. The van der Waals surface area contributed by atoms with E-state index < -0.39 is 24.2 Å². The number of aliphatic hydroxyl groups is 2. The number of likely N-dealkylation sites (N-methyl/N-ethyl adjacent to an activating group) is 1. The maximum absolute atomic E-state index is 14.4. The molecule has 344 valence electrons. The Morgan fingerprint density at radius 2 is 1.78 bits per heavy atom. The fourth-order valence-corrected chi connectivity index (χ4v) is 11.1. The highest BCUT2D eigenvalue weighted by Crippen LogP contribution is 2.61. The molecule has 1 saturated heterocycles. The second kappa shape index (κ2) is 24.1. The molecule has 0 radical (unpaired) electrons. The van der Waals surface area contributed by atoms with Gasteiger partial charge in [-0.2, -0.15) is 5.06 Å². The zero-order chi connectivity index (χ0) is 44.1. The van der Waals surface area contributed by atoms with Crippen molar-refractivity contribution in [3.8, 4) is 5.75 Å². The first-order chi connectivity index (χ1) is 28.6. The number of hydrogen-bond acceptors (Lipinski definition) is 10. The third-order valence-electron chi connectivity index (χ3n) is 14.5. The van der Waals surface area contributed by atoms with Crippen LogP contribution in [0.1, 0.15) is 117 Å². The molecule has 3 unspecified atom stereocenters. The molecule has 5 rings (SSSR count). The summed E-state index contributed by atoms with van der Waals surface area (Å²) in [4.78, 5) is 36.9. The Kier molecular flexibility index (Phi) is 20.4. The Morgan fingerprint density at radius 3 is 2.37 bits per heavy atom. The van der Waals surface area contributed by atoms with Crippen molar-refractivity contribution in [2.45, 2.75) is 143 Å². The van der Waals surface area contributed by atoms with Gasteiger partial charge in [-0.25, -0.2) is 0 Å². The van der Waals surface area contributed by atoms with Crippen LogP contribution in [-0.4, -0.2) is 129 Å². The van der Waals surface area contributed by atoms with Crippen LogP contribution in [0.2, 0.25) is 0 Å². The van der Waals surface area contributed by atoms with Gasteiger partial charge in [0.2, 0.25) is 11.8 Å². The molecular weight excluding hydrogens is 780 g/mol. The number of halogens is 1. The summed E-state index contributed by atoms with van der Waals surface area (Å²) in [6.07, 6.45) is 6.28. The van der Waals surface area contributed by atoms with Gasteiger partial charge in [0, 0.05) is 61.5 Å². The van der Waals surface area contributed by atoms with Crippen LogP contribution in [0.15, 0.2) is 18.2 Å². The van der Waals surface area contributed by atoms with Crippen molar-refractivity contribution >= 4 is 23.4 Å². The number of amides is 2. The molecule has 12 nitrogen and oxygen atoms in total. The van der Waals surface area contributed by atoms with Gasteiger partial charge in [0.1, 0.15) is 17.9 Å². The first kappa shape index (κ1) is 50.6. The molecular formula is C47H83ClN6O6. The zero-order valence-electron chi connectivity index (χ0n) is 38.8. The van der Waals surface area contributed by atoms with E-state index in [2.05, 4.69) is 80.9 Å². The summed E-state index contributed by atoms with van der Waals surface area (Å²) in [5, 5.41) is 36.9. The number of alkyl halides is 1. The number of fused-ring (bicyclic) bond motifs is 2. The SMILES string of the molecule is CCCC(CC)C[C@@H](CN(C)C)NC(=O)C(C)CC(CCNCCNCCCl)c1cccc(CN2O[C@@H](CO)[C@H]([C@H](C)O)[C@H]2C(=O)N[C@H]2C[C@@H]3C[C@H]([C@@H]2C)C3(C)C)c1OC.